The molecule has 3 amide bonds. The van der Waals surface area contributed by atoms with Crippen LogP contribution in [-0.2, 0) is 49.3 Å². The number of aromatic nitrogens is 1. The van der Waals surface area contributed by atoms with Crippen molar-refractivity contribution in [3.05, 3.63) is 52.0 Å². The van der Waals surface area contributed by atoms with E-state index >= 15 is 0 Å². The summed E-state index contributed by atoms with van der Waals surface area (Å²) < 4.78 is 46.1. The molecule has 2 aromatic rings. The number of nitrogens with zero attached hydrogens (tertiary/aromatic N) is 1. The number of hydrogen-bond donors (Lipinski definition) is 4. The third kappa shape index (κ3) is 11.4. The van der Waals surface area contributed by atoms with E-state index in [-0.39, 0.29) is 50.6 Å². The lowest BCUT2D eigenvalue weighted by Gasteiger charge is -2.30. The molecular formula is C30H42N4O11S2. The highest BCUT2D eigenvalue weighted by atomic mass is 32.2. The predicted molar refractivity (Wildman–Crippen MR) is 170 cm³/mol. The molecule has 4 N–H and O–H groups in total. The maximum atomic E-state index is 13.7. The first-order valence-corrected chi connectivity index (χ1v) is 17.1. The molecular weight excluding hydrogens is 656 g/mol. The minimum atomic E-state index is -4.12. The molecule has 4 atom stereocenters. The van der Waals surface area contributed by atoms with Crippen molar-refractivity contribution in [1.29, 1.82) is 0 Å². The van der Waals surface area contributed by atoms with Crippen LogP contribution in [0.5, 0.6) is 0 Å². The SMILES string of the molecule is COC[C@H](NC(=O)c1cnc(C)s1)C(=O)N[C@H](COC)C(=O)N[C@@H](Cc1ccccc1)C(=O)C(C)(O)COS(=O)(=O)C1CCOCC1. The molecule has 1 unspecified atom stereocenters. The fourth-order valence-electron chi connectivity index (χ4n) is 4.70. The van der Waals surface area contributed by atoms with Crippen molar-refractivity contribution in [3.63, 3.8) is 0 Å². The first-order chi connectivity index (χ1) is 22.3. The molecule has 1 saturated heterocycles. The van der Waals surface area contributed by atoms with Gasteiger partial charge in [0.2, 0.25) is 11.8 Å². The molecule has 0 radical (unpaired) electrons. The zero-order chi connectivity index (χ0) is 34.6. The van der Waals surface area contributed by atoms with Gasteiger partial charge in [-0.3, -0.25) is 23.4 Å². The Bertz CT molecular complexity index is 1460. The van der Waals surface area contributed by atoms with Gasteiger partial charge in [-0.05, 0) is 38.7 Å². The summed E-state index contributed by atoms with van der Waals surface area (Å²) in [6.07, 6.45) is 1.75. The minimum absolute atomic E-state index is 0.0709. The van der Waals surface area contributed by atoms with E-state index in [0.29, 0.717) is 10.6 Å². The van der Waals surface area contributed by atoms with Crippen LogP contribution in [0.1, 0.15) is 40.0 Å². The van der Waals surface area contributed by atoms with Crippen molar-refractivity contribution in [2.75, 3.05) is 47.3 Å². The second kappa shape index (κ2) is 17.7. The number of Topliss-reactive ketones (excluding diaryl/α,β-unsaturated/α-hetero) is 1. The Kier molecular flexibility index (Phi) is 14.4. The number of carbonyl (C=O) groups is 4. The van der Waals surface area contributed by atoms with Crippen LogP contribution >= 0.6 is 11.3 Å². The molecule has 260 valence electrons. The Morgan fingerprint density at radius 1 is 1.00 bits per heavy atom. The second-order valence-electron chi connectivity index (χ2n) is 11.2. The molecule has 17 heteroatoms. The van der Waals surface area contributed by atoms with Crippen molar-refractivity contribution >= 4 is 45.0 Å². The Hall–Kier alpha value is -3.32. The number of ketones is 1. The molecule has 1 aromatic heterocycles. The van der Waals surface area contributed by atoms with Crippen LogP contribution in [0.15, 0.2) is 36.5 Å². The monoisotopic (exact) mass is 698 g/mol. The highest BCUT2D eigenvalue weighted by Crippen LogP contribution is 2.21. The average molecular weight is 699 g/mol. The lowest BCUT2D eigenvalue weighted by Crippen LogP contribution is -2.60. The molecule has 0 saturated carbocycles. The number of hydrogen-bond acceptors (Lipinski definition) is 13. The van der Waals surface area contributed by atoms with Crippen molar-refractivity contribution in [3.8, 4) is 0 Å². The van der Waals surface area contributed by atoms with Crippen molar-refractivity contribution in [2.24, 2.45) is 0 Å². The average Bonchev–Trinajstić information content (AvgIpc) is 3.50. The lowest BCUT2D eigenvalue weighted by molar-refractivity contribution is -0.143. The highest BCUT2D eigenvalue weighted by molar-refractivity contribution is 7.87. The smallest absolute Gasteiger partial charge is 0.270 e. The van der Waals surface area contributed by atoms with Gasteiger partial charge in [-0.2, -0.15) is 8.42 Å². The number of methoxy groups -OCH3 is 2. The zero-order valence-corrected chi connectivity index (χ0v) is 28.4. The molecule has 1 aromatic carbocycles. The Morgan fingerprint density at radius 2 is 1.57 bits per heavy atom. The van der Waals surface area contributed by atoms with Gasteiger partial charge in [0.25, 0.3) is 16.0 Å². The molecule has 0 spiro atoms. The van der Waals surface area contributed by atoms with Crippen LogP contribution in [0.25, 0.3) is 0 Å². The summed E-state index contributed by atoms with van der Waals surface area (Å²) >= 11 is 1.14. The van der Waals surface area contributed by atoms with Crippen LogP contribution in [0.4, 0.5) is 0 Å². The van der Waals surface area contributed by atoms with Gasteiger partial charge in [0.1, 0.15) is 29.2 Å². The van der Waals surface area contributed by atoms with E-state index in [1.165, 1.54) is 20.4 Å². The van der Waals surface area contributed by atoms with E-state index < -0.39 is 69.2 Å². The summed E-state index contributed by atoms with van der Waals surface area (Å²) in [4.78, 5) is 57.5. The number of carbonyl (C=O) groups excluding carboxylic acids is 4. The number of nitrogens with one attached hydrogen (secondary N) is 3. The number of aliphatic hydroxyl groups is 1. The Labute approximate surface area is 277 Å². The van der Waals surface area contributed by atoms with E-state index in [1.54, 1.807) is 37.3 Å². The quantitative estimate of drug-likeness (QED) is 0.151. The van der Waals surface area contributed by atoms with Gasteiger partial charge in [0.05, 0.1) is 35.7 Å². The topological polar surface area (TPSA) is 209 Å². The van der Waals surface area contributed by atoms with Crippen molar-refractivity contribution < 1.29 is 51.1 Å². The molecule has 1 aliphatic heterocycles. The van der Waals surface area contributed by atoms with E-state index in [9.17, 15) is 32.7 Å². The first kappa shape index (κ1) is 38.1. The number of thiazole rings is 1. The minimum Gasteiger partial charge on any atom is -0.382 e. The maximum absolute atomic E-state index is 13.7. The summed E-state index contributed by atoms with van der Waals surface area (Å²) in [7, 11) is -1.47. The van der Waals surface area contributed by atoms with E-state index in [4.69, 9.17) is 18.4 Å². The lowest BCUT2D eigenvalue weighted by atomic mass is 9.91. The summed E-state index contributed by atoms with van der Waals surface area (Å²) in [6, 6.07) is 4.75. The number of ether oxygens (including phenoxy) is 3. The molecule has 0 aliphatic carbocycles. The van der Waals surface area contributed by atoms with Gasteiger partial charge in [-0.15, -0.1) is 11.3 Å². The van der Waals surface area contributed by atoms with E-state index in [0.717, 1.165) is 18.3 Å². The summed E-state index contributed by atoms with van der Waals surface area (Å²) in [5.74, 6) is -3.06. The van der Waals surface area contributed by atoms with E-state index in [2.05, 4.69) is 20.9 Å². The highest BCUT2D eigenvalue weighted by Gasteiger charge is 2.41. The summed E-state index contributed by atoms with van der Waals surface area (Å²) in [5.41, 5.74) is -1.69. The molecule has 15 nitrogen and oxygen atoms in total. The van der Waals surface area contributed by atoms with E-state index in [1.807, 2.05) is 0 Å². The van der Waals surface area contributed by atoms with Crippen LogP contribution in [0.3, 0.4) is 0 Å². The van der Waals surface area contributed by atoms with Crippen LogP contribution in [0, 0.1) is 6.92 Å². The normalized spacial score (nSPS) is 17.1. The van der Waals surface area contributed by atoms with Gasteiger partial charge in [-0.1, -0.05) is 30.3 Å². The van der Waals surface area contributed by atoms with Crippen molar-refractivity contribution in [2.45, 2.75) is 62.1 Å². The number of amides is 3. The Morgan fingerprint density at radius 3 is 2.13 bits per heavy atom. The van der Waals surface area contributed by atoms with Gasteiger partial charge in [0, 0.05) is 27.4 Å². The molecule has 1 fully saturated rings. The van der Waals surface area contributed by atoms with Gasteiger partial charge in [-0.25, -0.2) is 4.98 Å². The number of rotatable bonds is 18. The molecule has 2 heterocycles. The molecule has 3 rings (SSSR count). The second-order valence-corrected chi connectivity index (χ2v) is 14.3. The summed E-state index contributed by atoms with van der Waals surface area (Å²) in [6.45, 7) is 1.93. The standard InChI is InChI=1S/C30H42N4O11S2/c1-19-31-15-25(46-19)29(38)34-24(17-43-4)28(37)33-23(16-42-3)27(36)32-22(14-20-8-6-5-7-9-20)26(35)30(2,39)18-45-47(40,41)21-10-12-44-13-11-21/h5-9,15,21-24,39H,10-14,16-18H2,1-4H3,(H,32,36)(H,33,37)(H,34,38)/t22-,23+,24-,30?/m0/s1. The van der Waals surface area contributed by atoms with Gasteiger partial charge < -0.3 is 35.3 Å². The number of benzene rings is 1. The first-order valence-electron chi connectivity index (χ1n) is 14.9. The van der Waals surface area contributed by atoms with Gasteiger partial charge >= 0.3 is 0 Å². The maximum Gasteiger partial charge on any atom is 0.270 e. The predicted octanol–water partition coefficient (Wildman–Crippen LogP) is -0.0995. The molecule has 1 aliphatic rings. The van der Waals surface area contributed by atoms with Crippen molar-refractivity contribution in [1.82, 2.24) is 20.9 Å². The van der Waals surface area contributed by atoms with Crippen LogP contribution < -0.4 is 16.0 Å². The van der Waals surface area contributed by atoms with Crippen LogP contribution in [0.2, 0.25) is 0 Å². The fraction of sp³-hybridized carbons (Fsp3) is 0.567. The number of aryl methyl sites for hydroxylation is 1. The third-order valence-corrected chi connectivity index (χ3v) is 9.94. The third-order valence-electron chi connectivity index (χ3n) is 7.29. The van der Waals surface area contributed by atoms with Gasteiger partial charge in [0.15, 0.2) is 5.78 Å². The zero-order valence-electron chi connectivity index (χ0n) is 26.7. The molecule has 47 heavy (non-hydrogen) atoms. The largest absolute Gasteiger partial charge is 0.382 e. The summed E-state index contributed by atoms with van der Waals surface area (Å²) in [5, 5.41) is 18.6. The Balaban J connectivity index is 1.76. The molecule has 0 bridgehead atoms. The fourth-order valence-corrected chi connectivity index (χ4v) is 6.74. The van der Waals surface area contributed by atoms with Crippen LogP contribution in [-0.4, -0.2) is 118 Å².